The predicted molar refractivity (Wildman–Crippen MR) is 59.2 cm³/mol. The lowest BCUT2D eigenvalue weighted by molar-refractivity contribution is 0.354. The van der Waals surface area contributed by atoms with E-state index in [1.54, 1.807) is 0 Å². The molecule has 0 aliphatic carbocycles. The number of halogens is 3. The van der Waals surface area contributed by atoms with Crippen molar-refractivity contribution in [3.63, 3.8) is 0 Å². The Morgan fingerprint density at radius 1 is 1.20 bits per heavy atom. The van der Waals surface area contributed by atoms with Gasteiger partial charge in [-0.15, -0.1) is 11.6 Å². The average molecular weight is 233 g/mol. The number of rotatable bonds is 4. The van der Waals surface area contributed by atoms with E-state index in [0.717, 1.165) is 12.5 Å². The quantitative estimate of drug-likeness (QED) is 0.684. The highest BCUT2D eigenvalue weighted by atomic mass is 35.5. The highest BCUT2D eigenvalue weighted by Gasteiger charge is 2.21. The van der Waals surface area contributed by atoms with Crippen molar-refractivity contribution < 1.29 is 8.78 Å². The number of hydrogen-bond acceptors (Lipinski definition) is 0. The van der Waals surface area contributed by atoms with Crippen LogP contribution in [0.15, 0.2) is 18.2 Å². The molecule has 0 aliphatic rings. The second-order valence-corrected chi connectivity index (χ2v) is 4.52. The van der Waals surface area contributed by atoms with Gasteiger partial charge in [0.1, 0.15) is 11.6 Å². The number of alkyl halides is 1. The van der Waals surface area contributed by atoms with E-state index in [2.05, 4.69) is 0 Å². The molecule has 1 atom stereocenters. The van der Waals surface area contributed by atoms with E-state index in [4.69, 9.17) is 11.6 Å². The Bertz CT molecular complexity index is 312. The summed E-state index contributed by atoms with van der Waals surface area (Å²) in [5.41, 5.74) is 0.569. The topological polar surface area (TPSA) is 0 Å². The maximum absolute atomic E-state index is 12.9. The molecule has 0 saturated carbocycles. The van der Waals surface area contributed by atoms with Crippen LogP contribution in [-0.2, 0) is 6.42 Å². The molecule has 0 aromatic heterocycles. The zero-order valence-corrected chi connectivity index (χ0v) is 9.74. The second-order valence-electron chi connectivity index (χ2n) is 4.25. The molecule has 1 aromatic carbocycles. The fourth-order valence-corrected chi connectivity index (χ4v) is 1.76. The highest BCUT2D eigenvalue weighted by molar-refractivity contribution is 6.18. The monoisotopic (exact) mass is 232 g/mol. The molecule has 84 valence electrons. The van der Waals surface area contributed by atoms with E-state index >= 15 is 0 Å². The van der Waals surface area contributed by atoms with Crippen molar-refractivity contribution in [2.24, 2.45) is 5.41 Å². The molecule has 0 spiro atoms. The molecule has 3 heteroatoms. The minimum atomic E-state index is -0.530. The molecule has 0 N–H and O–H groups in total. The molecule has 15 heavy (non-hydrogen) atoms. The SMILES string of the molecule is CCC(C)(CCl)Cc1cc(F)cc(F)c1. The third kappa shape index (κ3) is 3.45. The Kier molecular flexibility index (Phi) is 4.09. The summed E-state index contributed by atoms with van der Waals surface area (Å²) < 4.78 is 25.9. The first-order valence-corrected chi connectivity index (χ1v) is 5.53. The van der Waals surface area contributed by atoms with Gasteiger partial charge in [-0.2, -0.15) is 0 Å². The van der Waals surface area contributed by atoms with Crippen LogP contribution < -0.4 is 0 Å². The van der Waals surface area contributed by atoms with Gasteiger partial charge < -0.3 is 0 Å². The molecule has 0 heterocycles. The molecule has 1 unspecified atom stereocenters. The summed E-state index contributed by atoms with van der Waals surface area (Å²) in [6.45, 7) is 4.04. The third-order valence-electron chi connectivity index (χ3n) is 2.73. The van der Waals surface area contributed by atoms with E-state index in [1.807, 2.05) is 13.8 Å². The van der Waals surface area contributed by atoms with Crippen LogP contribution in [0.25, 0.3) is 0 Å². The Balaban J connectivity index is 2.88. The summed E-state index contributed by atoms with van der Waals surface area (Å²) in [4.78, 5) is 0. The van der Waals surface area contributed by atoms with Crippen LogP contribution in [0.5, 0.6) is 0 Å². The van der Waals surface area contributed by atoms with Gasteiger partial charge in [-0.1, -0.05) is 13.8 Å². The van der Waals surface area contributed by atoms with Crippen LogP contribution in [-0.4, -0.2) is 5.88 Å². The van der Waals surface area contributed by atoms with Crippen LogP contribution in [0.3, 0.4) is 0 Å². The summed E-state index contributed by atoms with van der Waals surface area (Å²) in [6.07, 6.45) is 1.48. The first kappa shape index (κ1) is 12.4. The average Bonchev–Trinajstić information content (AvgIpc) is 2.16. The van der Waals surface area contributed by atoms with Crippen LogP contribution in [0.1, 0.15) is 25.8 Å². The van der Waals surface area contributed by atoms with Gasteiger partial charge in [0.05, 0.1) is 0 Å². The van der Waals surface area contributed by atoms with Gasteiger partial charge in [-0.25, -0.2) is 8.78 Å². The Labute approximate surface area is 94.3 Å². The van der Waals surface area contributed by atoms with Crippen molar-refractivity contribution in [2.75, 3.05) is 5.88 Å². The van der Waals surface area contributed by atoms with Crippen LogP contribution in [0, 0.1) is 17.0 Å². The second kappa shape index (κ2) is 4.93. The highest BCUT2D eigenvalue weighted by Crippen LogP contribution is 2.28. The van der Waals surface area contributed by atoms with Gasteiger partial charge in [-0.05, 0) is 36.0 Å². The van der Waals surface area contributed by atoms with Crippen LogP contribution >= 0.6 is 11.6 Å². The van der Waals surface area contributed by atoms with Gasteiger partial charge in [0.2, 0.25) is 0 Å². The summed E-state index contributed by atoms with van der Waals surface area (Å²) >= 11 is 5.85. The molecule has 0 nitrogen and oxygen atoms in total. The molecule has 0 bridgehead atoms. The first-order valence-electron chi connectivity index (χ1n) is 5.00. The van der Waals surface area contributed by atoms with E-state index in [1.165, 1.54) is 12.1 Å². The zero-order valence-electron chi connectivity index (χ0n) is 8.99. The fraction of sp³-hybridized carbons (Fsp3) is 0.500. The van der Waals surface area contributed by atoms with Gasteiger partial charge in [0.15, 0.2) is 0 Å². The molecule has 0 radical (unpaired) electrons. The van der Waals surface area contributed by atoms with E-state index in [-0.39, 0.29) is 5.41 Å². The van der Waals surface area contributed by atoms with E-state index in [0.29, 0.717) is 17.9 Å². The maximum atomic E-state index is 12.9. The minimum Gasteiger partial charge on any atom is -0.207 e. The van der Waals surface area contributed by atoms with E-state index < -0.39 is 11.6 Å². The molecule has 1 aromatic rings. The summed E-state index contributed by atoms with van der Waals surface area (Å²) in [5, 5.41) is 0. The lowest BCUT2D eigenvalue weighted by Crippen LogP contribution is -2.20. The Morgan fingerprint density at radius 3 is 2.13 bits per heavy atom. The fourth-order valence-electron chi connectivity index (χ4n) is 1.47. The molecule has 0 fully saturated rings. The van der Waals surface area contributed by atoms with Crippen molar-refractivity contribution in [1.82, 2.24) is 0 Å². The number of hydrogen-bond donors (Lipinski definition) is 0. The number of benzene rings is 1. The predicted octanol–water partition coefficient (Wildman–Crippen LogP) is 4.16. The smallest absolute Gasteiger partial charge is 0.126 e. The summed E-state index contributed by atoms with van der Waals surface area (Å²) in [6, 6.07) is 3.61. The van der Waals surface area contributed by atoms with Crippen LogP contribution in [0.4, 0.5) is 8.78 Å². The van der Waals surface area contributed by atoms with Gasteiger partial charge in [-0.3, -0.25) is 0 Å². The Hall–Kier alpha value is -0.630. The maximum Gasteiger partial charge on any atom is 0.126 e. The van der Waals surface area contributed by atoms with Crippen molar-refractivity contribution >= 4 is 11.6 Å². The first-order chi connectivity index (χ1) is 6.99. The normalized spacial score (nSPS) is 15.0. The summed E-state index contributed by atoms with van der Waals surface area (Å²) in [7, 11) is 0. The largest absolute Gasteiger partial charge is 0.207 e. The summed E-state index contributed by atoms with van der Waals surface area (Å²) in [5.74, 6) is -0.571. The van der Waals surface area contributed by atoms with Crippen molar-refractivity contribution in [1.29, 1.82) is 0 Å². The molecular weight excluding hydrogens is 218 g/mol. The lowest BCUT2D eigenvalue weighted by Gasteiger charge is -2.25. The van der Waals surface area contributed by atoms with Gasteiger partial charge >= 0.3 is 0 Å². The van der Waals surface area contributed by atoms with Crippen molar-refractivity contribution in [2.45, 2.75) is 26.7 Å². The standard InChI is InChI=1S/C12H15ClF2/c1-3-12(2,8-13)7-9-4-10(14)6-11(15)5-9/h4-6H,3,7-8H2,1-2H3. The molecule has 0 saturated heterocycles. The molecule has 0 aliphatic heterocycles. The molecule has 1 rings (SSSR count). The minimum absolute atomic E-state index is 0.0954. The molecule has 0 amide bonds. The Morgan fingerprint density at radius 2 is 1.73 bits per heavy atom. The molecular formula is C12H15ClF2. The third-order valence-corrected chi connectivity index (χ3v) is 3.37. The van der Waals surface area contributed by atoms with Gasteiger partial charge in [0.25, 0.3) is 0 Å². The van der Waals surface area contributed by atoms with Crippen molar-refractivity contribution in [3.05, 3.63) is 35.4 Å². The zero-order chi connectivity index (χ0) is 11.5. The lowest BCUT2D eigenvalue weighted by atomic mass is 9.83. The van der Waals surface area contributed by atoms with Crippen LogP contribution in [0.2, 0.25) is 0 Å². The van der Waals surface area contributed by atoms with Gasteiger partial charge in [0, 0.05) is 11.9 Å². The van der Waals surface area contributed by atoms with Crippen molar-refractivity contribution in [3.8, 4) is 0 Å². The van der Waals surface area contributed by atoms with E-state index in [9.17, 15) is 8.78 Å².